The molecule has 1 aromatic heterocycles. The maximum Gasteiger partial charge on any atom is 0.191 e. The largest absolute Gasteiger partial charge is 0.356 e. The van der Waals surface area contributed by atoms with Crippen molar-refractivity contribution in [2.24, 2.45) is 4.99 Å². The molecule has 2 aromatic rings. The van der Waals surface area contributed by atoms with Crippen LogP contribution in [0.15, 0.2) is 28.6 Å². The number of benzene rings is 1. The molecular formula is C19H28FIN4S. The third kappa shape index (κ3) is 6.50. The van der Waals surface area contributed by atoms with Crippen LogP contribution in [0.25, 0.3) is 0 Å². The van der Waals surface area contributed by atoms with E-state index in [1.165, 1.54) is 5.01 Å². The van der Waals surface area contributed by atoms with E-state index >= 15 is 0 Å². The molecule has 0 bridgehead atoms. The van der Waals surface area contributed by atoms with Crippen molar-refractivity contribution >= 4 is 41.3 Å². The molecule has 0 fully saturated rings. The second-order valence-electron chi connectivity index (χ2n) is 6.46. The van der Waals surface area contributed by atoms with Gasteiger partial charge >= 0.3 is 0 Å². The van der Waals surface area contributed by atoms with Crippen molar-refractivity contribution in [1.29, 1.82) is 0 Å². The second-order valence-corrected chi connectivity index (χ2v) is 7.35. The quantitative estimate of drug-likeness (QED) is 0.348. The Balaban J connectivity index is 0.00000338. The number of nitrogens with zero attached hydrogens (tertiary/aromatic N) is 2. The summed E-state index contributed by atoms with van der Waals surface area (Å²) in [6.07, 6.45) is 0.845. The summed E-state index contributed by atoms with van der Waals surface area (Å²) in [5.41, 5.74) is 2.65. The maximum atomic E-state index is 13.7. The van der Waals surface area contributed by atoms with Crippen LogP contribution in [0.1, 0.15) is 54.6 Å². The first-order chi connectivity index (χ1) is 11.9. The van der Waals surface area contributed by atoms with E-state index in [2.05, 4.69) is 39.8 Å². The molecule has 1 heterocycles. The summed E-state index contributed by atoms with van der Waals surface area (Å²) in [5.74, 6) is 0.989. The number of aromatic nitrogens is 1. The molecule has 0 spiro atoms. The molecule has 26 heavy (non-hydrogen) atoms. The second kappa shape index (κ2) is 10.8. The highest BCUT2D eigenvalue weighted by Crippen LogP contribution is 2.19. The Morgan fingerprint density at radius 2 is 2.04 bits per heavy atom. The number of hydrogen-bond acceptors (Lipinski definition) is 3. The molecule has 2 N–H and O–H groups in total. The van der Waals surface area contributed by atoms with Gasteiger partial charge in [-0.2, -0.15) is 0 Å². The predicted molar refractivity (Wildman–Crippen MR) is 119 cm³/mol. The SMILES string of the molecule is CN=C(NCCc1csc(C(C)C)n1)NC(C)c1ccc(C)c(F)c1.I. The van der Waals surface area contributed by atoms with Crippen LogP contribution in [-0.2, 0) is 6.42 Å². The number of thiazole rings is 1. The lowest BCUT2D eigenvalue weighted by Gasteiger charge is -2.18. The van der Waals surface area contributed by atoms with E-state index in [0.29, 0.717) is 17.4 Å². The zero-order valence-electron chi connectivity index (χ0n) is 16.0. The molecule has 2 rings (SSSR count). The molecule has 0 saturated carbocycles. The topological polar surface area (TPSA) is 49.3 Å². The number of aliphatic imine (C=N–C) groups is 1. The molecule has 1 unspecified atom stereocenters. The minimum absolute atomic E-state index is 0. The molecule has 0 saturated heterocycles. The van der Waals surface area contributed by atoms with Gasteiger partial charge in [0.25, 0.3) is 0 Å². The number of halogens is 2. The van der Waals surface area contributed by atoms with Crippen molar-refractivity contribution in [3.8, 4) is 0 Å². The molecule has 7 heteroatoms. The van der Waals surface area contributed by atoms with Gasteiger partial charge in [-0.15, -0.1) is 35.3 Å². The first-order valence-electron chi connectivity index (χ1n) is 8.58. The van der Waals surface area contributed by atoms with Crippen molar-refractivity contribution in [2.45, 2.75) is 46.1 Å². The third-order valence-corrected chi connectivity index (χ3v) is 5.20. The van der Waals surface area contributed by atoms with E-state index < -0.39 is 0 Å². The number of hydrogen-bond donors (Lipinski definition) is 2. The lowest BCUT2D eigenvalue weighted by molar-refractivity contribution is 0.607. The Hall–Kier alpha value is -1.22. The molecule has 0 radical (unpaired) electrons. The highest BCUT2D eigenvalue weighted by Gasteiger charge is 2.10. The minimum Gasteiger partial charge on any atom is -0.356 e. The van der Waals surface area contributed by atoms with Crippen LogP contribution in [0.4, 0.5) is 4.39 Å². The Kier molecular flexibility index (Phi) is 9.49. The lowest BCUT2D eigenvalue weighted by Crippen LogP contribution is -2.39. The highest BCUT2D eigenvalue weighted by molar-refractivity contribution is 14.0. The van der Waals surface area contributed by atoms with Crippen molar-refractivity contribution in [3.63, 3.8) is 0 Å². The van der Waals surface area contributed by atoms with Gasteiger partial charge in [0.2, 0.25) is 0 Å². The van der Waals surface area contributed by atoms with E-state index in [1.807, 2.05) is 13.0 Å². The first kappa shape index (κ1) is 22.8. The molecule has 144 valence electrons. The summed E-state index contributed by atoms with van der Waals surface area (Å²) in [7, 11) is 1.73. The number of rotatable bonds is 6. The van der Waals surface area contributed by atoms with Gasteiger partial charge in [0.05, 0.1) is 16.7 Å². The van der Waals surface area contributed by atoms with Crippen molar-refractivity contribution in [2.75, 3.05) is 13.6 Å². The van der Waals surface area contributed by atoms with Gasteiger partial charge in [-0.3, -0.25) is 4.99 Å². The fourth-order valence-corrected chi connectivity index (χ4v) is 3.24. The van der Waals surface area contributed by atoms with Gasteiger partial charge in [-0.25, -0.2) is 9.37 Å². The van der Waals surface area contributed by atoms with Gasteiger partial charge < -0.3 is 10.6 Å². The Bertz CT molecular complexity index is 730. The molecule has 1 aromatic carbocycles. The molecular weight excluding hydrogens is 462 g/mol. The van der Waals surface area contributed by atoms with Gasteiger partial charge in [0.15, 0.2) is 5.96 Å². The summed E-state index contributed by atoms with van der Waals surface area (Å²) in [6.45, 7) is 8.81. The fourth-order valence-electron chi connectivity index (χ4n) is 2.37. The summed E-state index contributed by atoms with van der Waals surface area (Å²) in [5, 5.41) is 9.88. The zero-order chi connectivity index (χ0) is 18.4. The Morgan fingerprint density at radius 3 is 2.62 bits per heavy atom. The van der Waals surface area contributed by atoms with E-state index in [1.54, 1.807) is 37.4 Å². The minimum atomic E-state index is -0.182. The fraction of sp³-hybridized carbons (Fsp3) is 0.474. The standard InChI is InChI=1S/C19H27FN4S.HI/c1-12(2)18-24-16(11-25-18)8-9-22-19(21-5)23-14(4)15-7-6-13(3)17(20)10-15;/h6-7,10-12,14H,8-9H2,1-5H3,(H2,21,22,23);1H. The smallest absolute Gasteiger partial charge is 0.191 e. The van der Waals surface area contributed by atoms with Crippen LogP contribution < -0.4 is 10.6 Å². The van der Waals surface area contributed by atoms with Crippen molar-refractivity contribution in [1.82, 2.24) is 15.6 Å². The van der Waals surface area contributed by atoms with Crippen molar-refractivity contribution in [3.05, 3.63) is 51.2 Å². The predicted octanol–water partition coefficient (Wildman–Crippen LogP) is 4.80. The summed E-state index contributed by atoms with van der Waals surface area (Å²) in [6, 6.07) is 5.27. The van der Waals surface area contributed by atoms with E-state index in [0.717, 1.165) is 24.2 Å². The average Bonchev–Trinajstić information content (AvgIpc) is 3.05. The van der Waals surface area contributed by atoms with Crippen molar-refractivity contribution < 1.29 is 4.39 Å². The molecule has 1 atom stereocenters. The van der Waals surface area contributed by atoms with Gasteiger partial charge in [0, 0.05) is 31.3 Å². The third-order valence-electron chi connectivity index (χ3n) is 4.01. The number of nitrogens with one attached hydrogen (secondary N) is 2. The number of guanidine groups is 1. The van der Waals surface area contributed by atoms with E-state index in [9.17, 15) is 4.39 Å². The molecule has 0 amide bonds. The molecule has 4 nitrogen and oxygen atoms in total. The van der Waals surface area contributed by atoms with E-state index in [4.69, 9.17) is 0 Å². The molecule has 0 aliphatic heterocycles. The summed E-state index contributed by atoms with van der Waals surface area (Å²) in [4.78, 5) is 8.88. The van der Waals surface area contributed by atoms with Crippen LogP contribution >= 0.6 is 35.3 Å². The van der Waals surface area contributed by atoms with Crippen LogP contribution in [-0.4, -0.2) is 24.5 Å². The van der Waals surface area contributed by atoms with Gasteiger partial charge in [0.1, 0.15) is 5.82 Å². The highest BCUT2D eigenvalue weighted by atomic mass is 127. The van der Waals surface area contributed by atoms with Gasteiger partial charge in [-0.1, -0.05) is 26.0 Å². The first-order valence-corrected chi connectivity index (χ1v) is 9.46. The Labute approximate surface area is 176 Å². The zero-order valence-corrected chi connectivity index (χ0v) is 19.1. The summed E-state index contributed by atoms with van der Waals surface area (Å²) >= 11 is 1.71. The maximum absolute atomic E-state index is 13.7. The van der Waals surface area contributed by atoms with Crippen LogP contribution in [0.3, 0.4) is 0 Å². The number of aryl methyl sites for hydroxylation is 1. The average molecular weight is 490 g/mol. The lowest BCUT2D eigenvalue weighted by atomic mass is 10.1. The normalized spacial score (nSPS) is 12.7. The van der Waals surface area contributed by atoms with E-state index in [-0.39, 0.29) is 35.8 Å². The monoisotopic (exact) mass is 490 g/mol. The Morgan fingerprint density at radius 1 is 1.31 bits per heavy atom. The molecule has 0 aliphatic rings. The van der Waals surface area contributed by atoms with Crippen LogP contribution in [0.2, 0.25) is 0 Å². The molecule has 0 aliphatic carbocycles. The van der Waals surface area contributed by atoms with Gasteiger partial charge in [-0.05, 0) is 31.0 Å². The van der Waals surface area contributed by atoms with Crippen LogP contribution in [0, 0.1) is 12.7 Å². The summed E-state index contributed by atoms with van der Waals surface area (Å²) < 4.78 is 13.7. The van der Waals surface area contributed by atoms with Crippen LogP contribution in [0.5, 0.6) is 0 Å².